The van der Waals surface area contributed by atoms with Gasteiger partial charge in [-0.05, 0) is 30.7 Å². The highest BCUT2D eigenvalue weighted by Gasteiger charge is 2.10. The number of aliphatic carboxylic acids is 1. The van der Waals surface area contributed by atoms with Crippen LogP contribution in [0.25, 0.3) is 6.08 Å². The van der Waals surface area contributed by atoms with Crippen LogP contribution in [0.5, 0.6) is 5.75 Å². The predicted octanol–water partition coefficient (Wildman–Crippen LogP) is 2.92. The molecule has 0 saturated carbocycles. The molecule has 0 atom stereocenters. The van der Waals surface area contributed by atoms with E-state index in [2.05, 4.69) is 4.74 Å². The minimum Gasteiger partial charge on any atom is -0.501 e. The summed E-state index contributed by atoms with van der Waals surface area (Å²) < 4.78 is 33.8. The summed E-state index contributed by atoms with van der Waals surface area (Å²) in [5.74, 6) is -1.03. The van der Waals surface area contributed by atoms with E-state index in [1.54, 1.807) is 6.92 Å². The quantitative estimate of drug-likeness (QED) is 0.775. The van der Waals surface area contributed by atoms with Crippen molar-refractivity contribution >= 4 is 12.0 Å². The van der Waals surface area contributed by atoms with Crippen molar-refractivity contribution in [1.82, 2.24) is 0 Å². The van der Waals surface area contributed by atoms with Gasteiger partial charge in [0.2, 0.25) is 0 Å². The molecular formula is C13H14F2O4. The Bertz CT molecular complexity index is 458. The summed E-state index contributed by atoms with van der Waals surface area (Å²) in [4.78, 5) is 10.6. The smallest absolute Gasteiger partial charge is 0.387 e. The Morgan fingerprint density at radius 1 is 1.47 bits per heavy atom. The molecule has 0 aliphatic rings. The maximum atomic E-state index is 12.2. The van der Waals surface area contributed by atoms with Crippen LogP contribution < -0.4 is 4.74 Å². The first-order valence-electron chi connectivity index (χ1n) is 5.60. The fourth-order valence-electron chi connectivity index (χ4n) is 1.43. The fraction of sp³-hybridized carbons (Fsp3) is 0.308. The average Bonchev–Trinajstić information content (AvgIpc) is 2.31. The largest absolute Gasteiger partial charge is 0.501 e. The van der Waals surface area contributed by atoms with Gasteiger partial charge in [0.25, 0.3) is 0 Å². The Morgan fingerprint density at radius 3 is 2.79 bits per heavy atom. The van der Waals surface area contributed by atoms with Gasteiger partial charge >= 0.3 is 12.6 Å². The number of alkyl halides is 2. The molecule has 0 radical (unpaired) electrons. The lowest BCUT2D eigenvalue weighted by atomic mass is 10.1. The van der Waals surface area contributed by atoms with Crippen molar-refractivity contribution in [2.45, 2.75) is 20.0 Å². The molecule has 0 aliphatic heterocycles. The maximum absolute atomic E-state index is 12.2. The van der Waals surface area contributed by atoms with Gasteiger partial charge in [0, 0.05) is 5.56 Å². The Labute approximate surface area is 109 Å². The number of ether oxygens (including phenoxy) is 2. The van der Waals surface area contributed by atoms with Crippen molar-refractivity contribution in [2.75, 3.05) is 6.61 Å². The minimum absolute atomic E-state index is 0.0277. The second-order valence-electron chi connectivity index (χ2n) is 3.58. The molecule has 0 aromatic heterocycles. The number of benzene rings is 1. The highest BCUT2D eigenvalue weighted by molar-refractivity contribution is 5.71. The number of hydrogen-bond donors (Lipinski definition) is 1. The van der Waals surface area contributed by atoms with E-state index in [-0.39, 0.29) is 12.2 Å². The monoisotopic (exact) mass is 272 g/mol. The second kappa shape index (κ2) is 7.35. The summed E-state index contributed by atoms with van der Waals surface area (Å²) in [6, 6.07) is 4.22. The molecule has 104 valence electrons. The topological polar surface area (TPSA) is 55.8 Å². The zero-order chi connectivity index (χ0) is 14.3. The Morgan fingerprint density at radius 2 is 2.21 bits per heavy atom. The molecule has 0 amide bonds. The van der Waals surface area contributed by atoms with Crippen molar-refractivity contribution in [2.24, 2.45) is 0 Å². The molecule has 0 heterocycles. The van der Waals surface area contributed by atoms with Gasteiger partial charge in [-0.2, -0.15) is 8.78 Å². The van der Waals surface area contributed by atoms with Crippen molar-refractivity contribution in [3.63, 3.8) is 0 Å². The van der Waals surface area contributed by atoms with Crippen molar-refractivity contribution in [3.8, 4) is 5.75 Å². The molecule has 0 fully saturated rings. The first-order chi connectivity index (χ1) is 9.02. The third-order valence-corrected chi connectivity index (χ3v) is 2.16. The van der Waals surface area contributed by atoms with Crippen LogP contribution in [-0.4, -0.2) is 24.3 Å². The Balaban J connectivity index is 2.99. The average molecular weight is 272 g/mol. The van der Waals surface area contributed by atoms with Crippen LogP contribution in [0, 0.1) is 0 Å². The molecule has 0 unspecified atom stereocenters. The van der Waals surface area contributed by atoms with Gasteiger partial charge in [-0.1, -0.05) is 6.07 Å². The van der Waals surface area contributed by atoms with E-state index < -0.39 is 12.6 Å². The standard InChI is InChI=1S/C13H14F2O4/c1-2-18-6-5-10-7-9(8-12(16)17)3-4-11(10)19-13(14)15/h3-7,13H,2,8H2,1H3,(H,16,17)/b6-5+. The number of hydrogen-bond acceptors (Lipinski definition) is 3. The zero-order valence-electron chi connectivity index (χ0n) is 10.3. The number of carbonyl (C=O) groups is 1. The van der Waals surface area contributed by atoms with Crippen molar-refractivity contribution in [1.29, 1.82) is 0 Å². The predicted molar refractivity (Wildman–Crippen MR) is 65.1 cm³/mol. The van der Waals surface area contributed by atoms with Gasteiger partial charge in [0.05, 0.1) is 19.3 Å². The van der Waals surface area contributed by atoms with Crippen LogP contribution in [0.3, 0.4) is 0 Å². The molecule has 0 spiro atoms. The third-order valence-electron chi connectivity index (χ3n) is 2.16. The molecule has 4 nitrogen and oxygen atoms in total. The first kappa shape index (κ1) is 14.9. The van der Waals surface area contributed by atoms with Gasteiger partial charge in [0.1, 0.15) is 5.75 Å². The highest BCUT2D eigenvalue weighted by atomic mass is 19.3. The fourth-order valence-corrected chi connectivity index (χ4v) is 1.43. The summed E-state index contributed by atoms with van der Waals surface area (Å²) in [5.41, 5.74) is 0.831. The first-order valence-corrected chi connectivity index (χ1v) is 5.60. The van der Waals surface area contributed by atoms with E-state index in [0.29, 0.717) is 17.7 Å². The van der Waals surface area contributed by atoms with Gasteiger partial charge < -0.3 is 14.6 Å². The number of rotatable bonds is 7. The summed E-state index contributed by atoms with van der Waals surface area (Å²) in [7, 11) is 0. The molecule has 1 aromatic carbocycles. The summed E-state index contributed by atoms with van der Waals surface area (Å²) in [6.45, 7) is -0.720. The molecule has 6 heteroatoms. The molecule has 1 aromatic rings. The number of halogens is 2. The van der Waals surface area contributed by atoms with E-state index in [1.165, 1.54) is 30.5 Å². The van der Waals surface area contributed by atoms with Gasteiger partial charge in [0.15, 0.2) is 0 Å². The Kier molecular flexibility index (Phi) is 5.78. The summed E-state index contributed by atoms with van der Waals surface area (Å²) in [6.07, 6.45) is 2.61. The molecule has 1 N–H and O–H groups in total. The van der Waals surface area contributed by atoms with Crippen LogP contribution in [-0.2, 0) is 16.0 Å². The zero-order valence-corrected chi connectivity index (χ0v) is 10.3. The molecule has 1 rings (SSSR count). The van der Waals surface area contributed by atoms with Crippen molar-refractivity contribution in [3.05, 3.63) is 35.6 Å². The summed E-state index contributed by atoms with van der Waals surface area (Å²) >= 11 is 0. The molecular weight excluding hydrogens is 258 g/mol. The van der Waals surface area contributed by atoms with E-state index in [9.17, 15) is 13.6 Å². The van der Waals surface area contributed by atoms with Crippen LogP contribution in [0.2, 0.25) is 0 Å². The number of carboxylic acid groups (broad SMARTS) is 1. The lowest BCUT2D eigenvalue weighted by Crippen LogP contribution is -2.05. The molecule has 0 aliphatic carbocycles. The maximum Gasteiger partial charge on any atom is 0.387 e. The van der Waals surface area contributed by atoms with Crippen LogP contribution >= 0.6 is 0 Å². The normalized spacial score (nSPS) is 10.9. The van der Waals surface area contributed by atoms with E-state index in [1.807, 2.05) is 0 Å². The van der Waals surface area contributed by atoms with Crippen LogP contribution in [0.4, 0.5) is 8.78 Å². The highest BCUT2D eigenvalue weighted by Crippen LogP contribution is 2.24. The lowest BCUT2D eigenvalue weighted by molar-refractivity contribution is -0.136. The minimum atomic E-state index is -2.94. The van der Waals surface area contributed by atoms with E-state index in [4.69, 9.17) is 9.84 Å². The SMILES string of the molecule is CCO/C=C/c1cc(CC(=O)O)ccc1OC(F)F. The van der Waals surface area contributed by atoms with Gasteiger partial charge in [-0.15, -0.1) is 0 Å². The van der Waals surface area contributed by atoms with E-state index in [0.717, 1.165) is 0 Å². The molecule has 19 heavy (non-hydrogen) atoms. The molecule has 0 bridgehead atoms. The second-order valence-corrected chi connectivity index (χ2v) is 3.58. The van der Waals surface area contributed by atoms with Crippen molar-refractivity contribution < 1.29 is 28.2 Å². The van der Waals surface area contributed by atoms with Gasteiger partial charge in [-0.3, -0.25) is 4.79 Å². The van der Waals surface area contributed by atoms with Crippen LogP contribution in [0.15, 0.2) is 24.5 Å². The lowest BCUT2D eigenvalue weighted by Gasteiger charge is -2.09. The summed E-state index contributed by atoms with van der Waals surface area (Å²) in [5, 5.41) is 8.69. The van der Waals surface area contributed by atoms with E-state index >= 15 is 0 Å². The third kappa shape index (κ3) is 5.37. The number of carboxylic acids is 1. The van der Waals surface area contributed by atoms with Gasteiger partial charge in [-0.25, -0.2) is 0 Å². The molecule has 0 saturated heterocycles. The van der Waals surface area contributed by atoms with Crippen LogP contribution in [0.1, 0.15) is 18.1 Å². The Hall–Kier alpha value is -2.11.